The van der Waals surface area contributed by atoms with E-state index in [2.05, 4.69) is 26.7 Å². The summed E-state index contributed by atoms with van der Waals surface area (Å²) in [7, 11) is 0. The number of hydrogen-bond donors (Lipinski definition) is 1. The molecule has 0 unspecified atom stereocenters. The standard InChI is InChI=1S/C11H20N4/c1-2-15-10-13-9-11(15)3-6-14-7-4-12-5-8-14/h9-10,12H,2-8H2,1H3. The van der Waals surface area contributed by atoms with Crippen LogP contribution in [-0.2, 0) is 13.0 Å². The molecule has 1 aromatic heterocycles. The highest BCUT2D eigenvalue weighted by Gasteiger charge is 2.09. The fourth-order valence-corrected chi connectivity index (χ4v) is 2.05. The number of nitrogens with zero attached hydrogens (tertiary/aromatic N) is 3. The van der Waals surface area contributed by atoms with Crippen molar-refractivity contribution >= 4 is 0 Å². The van der Waals surface area contributed by atoms with Crippen molar-refractivity contribution in [3.05, 3.63) is 18.2 Å². The second-order valence-electron chi connectivity index (χ2n) is 4.01. The van der Waals surface area contributed by atoms with E-state index in [1.165, 1.54) is 18.8 Å². The summed E-state index contributed by atoms with van der Waals surface area (Å²) < 4.78 is 2.22. The fourth-order valence-electron chi connectivity index (χ4n) is 2.05. The lowest BCUT2D eigenvalue weighted by Gasteiger charge is -2.27. The first-order valence-corrected chi connectivity index (χ1v) is 5.82. The molecule has 0 amide bonds. The van der Waals surface area contributed by atoms with Crippen LogP contribution in [0.15, 0.2) is 12.5 Å². The Hall–Kier alpha value is -0.870. The monoisotopic (exact) mass is 208 g/mol. The van der Waals surface area contributed by atoms with Crippen molar-refractivity contribution in [2.45, 2.75) is 19.9 Å². The van der Waals surface area contributed by atoms with Crippen LogP contribution in [0.5, 0.6) is 0 Å². The van der Waals surface area contributed by atoms with Crippen LogP contribution in [0.2, 0.25) is 0 Å². The predicted molar refractivity (Wildman–Crippen MR) is 60.9 cm³/mol. The van der Waals surface area contributed by atoms with E-state index in [1.54, 1.807) is 0 Å². The third-order valence-electron chi connectivity index (χ3n) is 3.03. The maximum atomic E-state index is 4.19. The summed E-state index contributed by atoms with van der Waals surface area (Å²) in [5, 5.41) is 3.37. The van der Waals surface area contributed by atoms with Gasteiger partial charge in [0.15, 0.2) is 0 Å². The minimum absolute atomic E-state index is 1.02. The molecule has 2 rings (SSSR count). The van der Waals surface area contributed by atoms with Crippen LogP contribution in [0, 0.1) is 0 Å². The van der Waals surface area contributed by atoms with Gasteiger partial charge in [0.2, 0.25) is 0 Å². The molecule has 0 spiro atoms. The van der Waals surface area contributed by atoms with Gasteiger partial charge in [-0.05, 0) is 6.92 Å². The highest BCUT2D eigenvalue weighted by atomic mass is 15.2. The zero-order valence-electron chi connectivity index (χ0n) is 9.45. The molecule has 1 aliphatic rings. The van der Waals surface area contributed by atoms with E-state index in [1.807, 2.05) is 12.5 Å². The predicted octanol–water partition coefficient (Wildman–Crippen LogP) is 0.351. The topological polar surface area (TPSA) is 33.1 Å². The van der Waals surface area contributed by atoms with Crippen molar-refractivity contribution in [2.24, 2.45) is 0 Å². The van der Waals surface area contributed by atoms with Gasteiger partial charge in [0.05, 0.1) is 6.33 Å². The van der Waals surface area contributed by atoms with E-state index in [9.17, 15) is 0 Å². The Kier molecular flexibility index (Phi) is 3.75. The quantitative estimate of drug-likeness (QED) is 0.775. The highest BCUT2D eigenvalue weighted by Crippen LogP contribution is 2.02. The summed E-state index contributed by atoms with van der Waals surface area (Å²) in [6.07, 6.45) is 5.03. The van der Waals surface area contributed by atoms with E-state index in [0.29, 0.717) is 0 Å². The lowest BCUT2D eigenvalue weighted by molar-refractivity contribution is 0.242. The van der Waals surface area contributed by atoms with Crippen LogP contribution < -0.4 is 5.32 Å². The average Bonchev–Trinajstić information content (AvgIpc) is 2.75. The molecular formula is C11H20N4. The summed E-state index contributed by atoms with van der Waals surface area (Å²) in [5.41, 5.74) is 1.36. The maximum absolute atomic E-state index is 4.19. The van der Waals surface area contributed by atoms with Crippen LogP contribution in [-0.4, -0.2) is 47.2 Å². The first kappa shape index (κ1) is 10.6. The number of rotatable bonds is 4. The Morgan fingerprint density at radius 1 is 1.40 bits per heavy atom. The lowest BCUT2D eigenvalue weighted by atomic mass is 10.2. The van der Waals surface area contributed by atoms with Gasteiger partial charge in [-0.3, -0.25) is 0 Å². The van der Waals surface area contributed by atoms with Crippen molar-refractivity contribution in [1.82, 2.24) is 19.8 Å². The maximum Gasteiger partial charge on any atom is 0.0948 e. The Bertz CT molecular complexity index is 289. The van der Waals surface area contributed by atoms with Gasteiger partial charge in [-0.25, -0.2) is 4.98 Å². The Morgan fingerprint density at radius 3 is 2.93 bits per heavy atom. The lowest BCUT2D eigenvalue weighted by Crippen LogP contribution is -2.44. The zero-order valence-corrected chi connectivity index (χ0v) is 9.45. The first-order chi connectivity index (χ1) is 7.40. The van der Waals surface area contributed by atoms with Crippen molar-refractivity contribution in [3.8, 4) is 0 Å². The SMILES string of the molecule is CCn1cncc1CCN1CCNCC1. The second kappa shape index (κ2) is 5.28. The first-order valence-electron chi connectivity index (χ1n) is 5.82. The molecule has 4 heteroatoms. The molecule has 1 aliphatic heterocycles. The van der Waals surface area contributed by atoms with Crippen LogP contribution in [0.4, 0.5) is 0 Å². The molecular weight excluding hydrogens is 188 g/mol. The zero-order chi connectivity index (χ0) is 10.5. The number of piperazine rings is 1. The third-order valence-corrected chi connectivity index (χ3v) is 3.03. The summed E-state index contributed by atoms with van der Waals surface area (Å²) in [4.78, 5) is 6.71. The molecule has 0 aliphatic carbocycles. The van der Waals surface area contributed by atoms with Gasteiger partial charge in [0.25, 0.3) is 0 Å². The molecule has 15 heavy (non-hydrogen) atoms. The molecule has 1 saturated heterocycles. The van der Waals surface area contributed by atoms with E-state index in [4.69, 9.17) is 0 Å². The van der Waals surface area contributed by atoms with E-state index in [0.717, 1.165) is 32.6 Å². The Morgan fingerprint density at radius 2 is 2.20 bits per heavy atom. The summed E-state index contributed by atoms with van der Waals surface area (Å²) in [6.45, 7) is 8.97. The molecule has 84 valence electrons. The van der Waals surface area contributed by atoms with Crippen LogP contribution in [0.3, 0.4) is 0 Å². The molecule has 1 aromatic rings. The Labute approximate surface area is 91.3 Å². The van der Waals surface area contributed by atoms with Gasteiger partial charge in [0.1, 0.15) is 0 Å². The fraction of sp³-hybridized carbons (Fsp3) is 0.727. The van der Waals surface area contributed by atoms with Crippen LogP contribution >= 0.6 is 0 Å². The van der Waals surface area contributed by atoms with Crippen LogP contribution in [0.1, 0.15) is 12.6 Å². The Balaban J connectivity index is 1.81. The second-order valence-corrected chi connectivity index (χ2v) is 4.01. The summed E-state index contributed by atoms with van der Waals surface area (Å²) >= 11 is 0. The molecule has 0 saturated carbocycles. The largest absolute Gasteiger partial charge is 0.335 e. The summed E-state index contributed by atoms with van der Waals surface area (Å²) in [5.74, 6) is 0. The molecule has 0 radical (unpaired) electrons. The van der Waals surface area contributed by atoms with Crippen molar-refractivity contribution in [1.29, 1.82) is 0 Å². The number of imidazole rings is 1. The van der Waals surface area contributed by atoms with Crippen molar-refractivity contribution in [3.63, 3.8) is 0 Å². The molecule has 1 fully saturated rings. The highest BCUT2D eigenvalue weighted by molar-refractivity contribution is 4.99. The van der Waals surface area contributed by atoms with E-state index < -0.39 is 0 Å². The molecule has 0 bridgehead atoms. The van der Waals surface area contributed by atoms with Crippen LogP contribution in [0.25, 0.3) is 0 Å². The van der Waals surface area contributed by atoms with Gasteiger partial charge < -0.3 is 14.8 Å². The van der Waals surface area contributed by atoms with E-state index >= 15 is 0 Å². The van der Waals surface area contributed by atoms with Gasteiger partial charge in [-0.15, -0.1) is 0 Å². The van der Waals surface area contributed by atoms with Crippen molar-refractivity contribution in [2.75, 3.05) is 32.7 Å². The van der Waals surface area contributed by atoms with Gasteiger partial charge in [0, 0.05) is 57.6 Å². The normalized spacial score (nSPS) is 18.2. The van der Waals surface area contributed by atoms with E-state index in [-0.39, 0.29) is 0 Å². The average molecular weight is 208 g/mol. The molecule has 0 atom stereocenters. The van der Waals surface area contributed by atoms with Crippen molar-refractivity contribution < 1.29 is 0 Å². The van der Waals surface area contributed by atoms with Gasteiger partial charge in [-0.1, -0.05) is 0 Å². The van der Waals surface area contributed by atoms with Gasteiger partial charge >= 0.3 is 0 Å². The number of aromatic nitrogens is 2. The minimum Gasteiger partial charge on any atom is -0.335 e. The molecule has 4 nitrogen and oxygen atoms in total. The summed E-state index contributed by atoms with van der Waals surface area (Å²) in [6, 6.07) is 0. The minimum atomic E-state index is 1.02. The molecule has 0 aromatic carbocycles. The number of nitrogens with one attached hydrogen (secondary N) is 1. The smallest absolute Gasteiger partial charge is 0.0948 e. The molecule has 1 N–H and O–H groups in total. The van der Waals surface area contributed by atoms with Gasteiger partial charge in [-0.2, -0.15) is 0 Å². The number of hydrogen-bond acceptors (Lipinski definition) is 3. The molecule has 2 heterocycles. The third kappa shape index (κ3) is 2.79. The number of aryl methyl sites for hydroxylation is 1.